The predicted octanol–water partition coefficient (Wildman–Crippen LogP) is 12.8. The molecule has 0 aliphatic rings. The molecule has 52 heavy (non-hydrogen) atoms. The first-order valence-electron chi connectivity index (χ1n) is 18.5. The van der Waals surface area contributed by atoms with Gasteiger partial charge in [-0.25, -0.2) is 9.67 Å². The maximum absolute atomic E-state index is 6.86. The molecule has 7 rings (SSSR count). The van der Waals surface area contributed by atoms with Gasteiger partial charge in [0.05, 0.1) is 28.1 Å². The molecule has 0 fully saturated rings. The van der Waals surface area contributed by atoms with Crippen LogP contribution in [-0.2, 0) is 10.8 Å². The predicted molar refractivity (Wildman–Crippen MR) is 218 cm³/mol. The van der Waals surface area contributed by atoms with E-state index in [2.05, 4.69) is 177 Å². The molecule has 0 bridgehead atoms. The standard InChI is InChI=1S/C47H52N4O/c1-28(2)33-19-20-48-42(23-33)50-40-16-14-13-15-38(40)39-18-17-36(27-41(39)50)52-37-25-34(46(7,8)9)24-35(26-37)51-45(47(10,11)12)44(32(6)49-51)43-30(4)21-29(3)22-31(43)5/h13-28H,1-12H3. The molecular weight excluding hydrogens is 637 g/mol. The van der Waals surface area contributed by atoms with Gasteiger partial charge in [-0.1, -0.05) is 91.3 Å². The summed E-state index contributed by atoms with van der Waals surface area (Å²) < 4.78 is 11.3. The Balaban J connectivity index is 1.40. The molecule has 0 unspecified atom stereocenters. The number of para-hydroxylation sites is 1. The van der Waals surface area contributed by atoms with Crippen molar-refractivity contribution in [2.24, 2.45) is 0 Å². The first kappa shape index (κ1) is 35.3. The van der Waals surface area contributed by atoms with Crippen LogP contribution in [0.15, 0.2) is 91.1 Å². The normalized spacial score (nSPS) is 12.4. The van der Waals surface area contributed by atoms with Crippen LogP contribution >= 0.6 is 0 Å². The highest BCUT2D eigenvalue weighted by Gasteiger charge is 2.30. The number of rotatable bonds is 6. The molecule has 3 aromatic heterocycles. The van der Waals surface area contributed by atoms with Crippen LogP contribution in [0.3, 0.4) is 0 Å². The molecule has 0 N–H and O–H groups in total. The number of benzene rings is 4. The van der Waals surface area contributed by atoms with E-state index in [9.17, 15) is 0 Å². The summed E-state index contributed by atoms with van der Waals surface area (Å²) in [6.07, 6.45) is 1.92. The average Bonchev–Trinajstić information content (AvgIpc) is 3.58. The van der Waals surface area contributed by atoms with Gasteiger partial charge in [-0.2, -0.15) is 5.10 Å². The number of ether oxygens (including phenoxy) is 1. The molecule has 266 valence electrons. The van der Waals surface area contributed by atoms with Crippen molar-refractivity contribution in [2.75, 3.05) is 0 Å². The molecule has 4 aromatic carbocycles. The minimum atomic E-state index is -0.182. The van der Waals surface area contributed by atoms with E-state index < -0.39 is 0 Å². The molecule has 0 radical (unpaired) electrons. The highest BCUT2D eigenvalue weighted by atomic mass is 16.5. The molecule has 0 spiro atoms. The maximum Gasteiger partial charge on any atom is 0.137 e. The van der Waals surface area contributed by atoms with Gasteiger partial charge < -0.3 is 4.74 Å². The monoisotopic (exact) mass is 688 g/mol. The summed E-state index contributed by atoms with van der Waals surface area (Å²) in [6.45, 7) is 26.8. The zero-order valence-electron chi connectivity index (χ0n) is 32.9. The van der Waals surface area contributed by atoms with Gasteiger partial charge in [0.25, 0.3) is 0 Å². The fraction of sp³-hybridized carbons (Fsp3) is 0.319. The van der Waals surface area contributed by atoms with Gasteiger partial charge in [0.15, 0.2) is 0 Å². The van der Waals surface area contributed by atoms with E-state index in [-0.39, 0.29) is 10.8 Å². The van der Waals surface area contributed by atoms with Gasteiger partial charge >= 0.3 is 0 Å². The summed E-state index contributed by atoms with van der Waals surface area (Å²) in [5.41, 5.74) is 13.9. The van der Waals surface area contributed by atoms with Crippen LogP contribution < -0.4 is 4.74 Å². The van der Waals surface area contributed by atoms with E-state index >= 15 is 0 Å². The molecule has 0 aliphatic heterocycles. The highest BCUT2D eigenvalue weighted by molar-refractivity contribution is 6.09. The van der Waals surface area contributed by atoms with E-state index in [0.29, 0.717) is 5.92 Å². The van der Waals surface area contributed by atoms with Crippen molar-refractivity contribution in [3.05, 3.63) is 130 Å². The maximum atomic E-state index is 6.86. The molecule has 0 atom stereocenters. The lowest BCUT2D eigenvalue weighted by Crippen LogP contribution is -2.20. The van der Waals surface area contributed by atoms with E-state index in [1.807, 2.05) is 6.20 Å². The minimum absolute atomic E-state index is 0.116. The van der Waals surface area contributed by atoms with Crippen LogP contribution in [0.4, 0.5) is 0 Å². The van der Waals surface area contributed by atoms with Crippen molar-refractivity contribution < 1.29 is 4.74 Å². The molecule has 3 heterocycles. The van der Waals surface area contributed by atoms with Crippen LogP contribution in [0.25, 0.3) is 44.4 Å². The first-order chi connectivity index (χ1) is 24.5. The Hall–Kier alpha value is -5.16. The van der Waals surface area contributed by atoms with Gasteiger partial charge in [0.1, 0.15) is 17.3 Å². The zero-order valence-corrected chi connectivity index (χ0v) is 32.9. The Kier molecular flexibility index (Phi) is 8.68. The summed E-state index contributed by atoms with van der Waals surface area (Å²) in [5, 5.41) is 7.64. The number of aromatic nitrogens is 4. The average molecular weight is 689 g/mol. The summed E-state index contributed by atoms with van der Waals surface area (Å²) in [5.74, 6) is 2.86. The van der Waals surface area contributed by atoms with Gasteiger partial charge in [0.2, 0.25) is 0 Å². The molecule has 5 nitrogen and oxygen atoms in total. The molecule has 0 aliphatic carbocycles. The van der Waals surface area contributed by atoms with Gasteiger partial charge in [-0.05, 0) is 109 Å². The summed E-state index contributed by atoms with van der Waals surface area (Å²) >= 11 is 0. The lowest BCUT2D eigenvalue weighted by molar-refractivity contribution is 0.477. The summed E-state index contributed by atoms with van der Waals surface area (Å²) in [6, 6.07) is 30.4. The molecule has 0 amide bonds. The summed E-state index contributed by atoms with van der Waals surface area (Å²) in [4.78, 5) is 4.85. The van der Waals surface area contributed by atoms with Crippen LogP contribution in [0.5, 0.6) is 11.5 Å². The Morgan fingerprint density at radius 2 is 1.35 bits per heavy atom. The topological polar surface area (TPSA) is 44.9 Å². The minimum Gasteiger partial charge on any atom is -0.457 e. The van der Waals surface area contributed by atoms with Crippen LogP contribution in [0, 0.1) is 27.7 Å². The Morgan fingerprint density at radius 1 is 0.654 bits per heavy atom. The summed E-state index contributed by atoms with van der Waals surface area (Å²) in [7, 11) is 0. The third kappa shape index (κ3) is 6.31. The Bertz CT molecular complexity index is 2460. The van der Waals surface area contributed by atoms with Gasteiger partial charge in [-0.3, -0.25) is 4.57 Å². The third-order valence-electron chi connectivity index (χ3n) is 10.2. The second-order valence-electron chi connectivity index (χ2n) is 16.9. The number of aryl methyl sites for hydroxylation is 4. The fourth-order valence-corrected chi connectivity index (χ4v) is 7.79. The van der Waals surface area contributed by atoms with Crippen molar-refractivity contribution in [2.45, 2.75) is 99.8 Å². The Labute approximate surface area is 309 Å². The zero-order chi connectivity index (χ0) is 37.3. The number of nitrogens with zero attached hydrogens (tertiary/aromatic N) is 4. The van der Waals surface area contributed by atoms with Gasteiger partial charge in [-0.15, -0.1) is 0 Å². The highest BCUT2D eigenvalue weighted by Crippen LogP contribution is 2.42. The SMILES string of the molecule is Cc1cc(C)c(-c2c(C)nn(-c3cc(Oc4ccc5c6ccccc6n(-c6cc(C(C)C)ccn6)c5c4)cc(C(C)(C)C)c3)c2C(C)(C)C)c(C)c1. The third-order valence-corrected chi connectivity index (χ3v) is 10.2. The van der Waals surface area contributed by atoms with Crippen LogP contribution in [-0.4, -0.2) is 19.3 Å². The first-order valence-corrected chi connectivity index (χ1v) is 18.5. The smallest absolute Gasteiger partial charge is 0.137 e. The molecule has 7 aromatic rings. The van der Waals surface area contributed by atoms with Crippen molar-refractivity contribution in [1.82, 2.24) is 19.3 Å². The number of fused-ring (bicyclic) bond motifs is 3. The molecule has 0 saturated heterocycles. The van der Waals surface area contributed by atoms with Crippen molar-refractivity contribution >= 4 is 21.8 Å². The van der Waals surface area contributed by atoms with Crippen molar-refractivity contribution in [1.29, 1.82) is 0 Å². The van der Waals surface area contributed by atoms with Crippen LogP contribution in [0.1, 0.15) is 101 Å². The Morgan fingerprint density at radius 3 is 2.02 bits per heavy atom. The van der Waals surface area contributed by atoms with Crippen molar-refractivity contribution in [3.63, 3.8) is 0 Å². The second-order valence-corrected chi connectivity index (χ2v) is 16.9. The quantitative estimate of drug-likeness (QED) is 0.175. The van der Waals surface area contributed by atoms with E-state index in [0.717, 1.165) is 39.7 Å². The van der Waals surface area contributed by atoms with E-state index in [1.54, 1.807) is 0 Å². The molecular formula is C47H52N4O. The van der Waals surface area contributed by atoms with Crippen molar-refractivity contribution in [3.8, 4) is 34.1 Å². The van der Waals surface area contributed by atoms with Crippen LogP contribution in [0.2, 0.25) is 0 Å². The van der Waals surface area contributed by atoms with E-state index in [1.165, 1.54) is 55.4 Å². The van der Waals surface area contributed by atoms with E-state index in [4.69, 9.17) is 14.8 Å². The number of pyridine rings is 1. The second kappa shape index (κ2) is 12.8. The fourth-order valence-electron chi connectivity index (χ4n) is 7.79. The van der Waals surface area contributed by atoms with Gasteiger partial charge in [0, 0.05) is 40.1 Å². The number of hydrogen-bond acceptors (Lipinski definition) is 3. The lowest BCUT2D eigenvalue weighted by Gasteiger charge is -2.26. The number of hydrogen-bond donors (Lipinski definition) is 0. The molecule has 5 heteroatoms. The largest absolute Gasteiger partial charge is 0.457 e. The molecule has 0 saturated carbocycles. The lowest BCUT2D eigenvalue weighted by atomic mass is 9.83.